The summed E-state index contributed by atoms with van der Waals surface area (Å²) >= 11 is 14.6. The van der Waals surface area contributed by atoms with Crippen molar-refractivity contribution in [3.8, 4) is 57.1 Å². The van der Waals surface area contributed by atoms with Crippen molar-refractivity contribution in [1.29, 1.82) is 0 Å². The van der Waals surface area contributed by atoms with Crippen molar-refractivity contribution in [2.75, 3.05) is 12.9 Å². The molecule has 0 radical (unpaired) electrons. The van der Waals surface area contributed by atoms with E-state index in [1.54, 1.807) is 13.8 Å². The second kappa shape index (κ2) is 41.6. The molecule has 19 N–H and O–H groups in total. The number of imide groups is 1. The summed E-state index contributed by atoms with van der Waals surface area (Å²) in [6, 6.07) is 5.86. The molecule has 11 aliphatic rings. The van der Waals surface area contributed by atoms with E-state index in [2.05, 4.69) is 38.8 Å². The highest BCUT2D eigenvalue weighted by molar-refractivity contribution is 7.51. The highest BCUT2D eigenvalue weighted by atomic mass is 35.5. The monoisotopic (exact) mass is 1850 g/mol. The van der Waals surface area contributed by atoms with Crippen molar-refractivity contribution >= 4 is 83.6 Å². The number of amides is 6. The number of ether oxygens (including phenoxy) is 5. The lowest BCUT2D eigenvalue weighted by Crippen LogP contribution is -2.63. The molecule has 33 nitrogen and oxygen atoms in total. The summed E-state index contributed by atoms with van der Waals surface area (Å²) in [5.74, 6) is -18.8. The SMILES string of the molecule is CCCCCCCCCC(=O)NC(=O)C[C@@H]1CC(=O)[C@H](NC(=O)[C@H](CC)CC(C)C)[C@H](O)c2ccc(c(Cl)c2)Oc2cc3cc(c2O[C@@H]2C[C@H](CO)[C@@H](O)[C@H](O)[C@H]2O[C@H]2C[C@](C)(N)[C@H](O)[C@H](C)O2)Oc2ccc(cc2Cl)[C@@H](O)[C@@H]2NC(=O)[C@H](CC(=O)[C@@H]3NC1=O)c1ccc(O)c(c1)-c1c(cc(O)c(CNCP(=O)(O)O)c1O)[C@@H](C(=O)CC1C3CC4CC(C3)CC1C4)NC2=O. The van der Waals surface area contributed by atoms with E-state index >= 15 is 28.8 Å². The average molecular weight is 1850 g/mol. The molecule has 6 aliphatic heterocycles. The third-order valence-electron chi connectivity index (χ3n) is 27.2. The first kappa shape index (κ1) is 97.8. The van der Waals surface area contributed by atoms with Crippen molar-refractivity contribution < 1.29 is 127 Å². The zero-order chi connectivity index (χ0) is 93.1. The minimum absolute atomic E-state index is 0.0499. The standard InChI is InChI=1S/C93H120Cl2N7O26P/c1-7-9-10-11-12-13-14-15-73(109)98-74(110)35-54-31-65(106)79(101-89(117)47(8-2)22-43(3)4)81(111)49-17-20-68(61(94)29-49)125-70-32-53-33-71(86(70)127-72-34-55(41-103)83(113)85(115)87(72)128-75-39-93(6,96)88(116)44(5)124-75)126-69-21-18-50(30-62(69)95)82(112)80-92(120)100-78(67(108)36-56-51-24-45-23-46(26-51)27-52(56)25-45)59-38-64(105)60(40-97-42-129(121,122)123)84(114)76(59)58-28-48(16-19-63(58)104)57(91(119)102-80)37-66(107)77(53)99-90(54)118/h16-21,28-30,32-33,38,43-47,51-52,54-57,72,75,77-83,85,87-88,97,103-105,111-116H,7-15,22-27,31,34-37,39-42,96H2,1-6H3,(H,99,118)(H,100,120)(H,101,117)(H,102,119)(H,98,109,110)(H2,121,122,123)/t44-,45?,46?,47+,51?,52?,54-,55+,56?,57+,72+,75-,77+,78-,79-,80-,81+,82+,83+,85-,87-,88+,93-/m0/s1. The van der Waals surface area contributed by atoms with Gasteiger partial charge in [-0.15, -0.1) is 0 Å². The van der Waals surface area contributed by atoms with E-state index < -0.39 is 259 Å². The van der Waals surface area contributed by atoms with Gasteiger partial charge in [0.25, 0.3) is 0 Å². The van der Waals surface area contributed by atoms with Gasteiger partial charge in [0, 0.05) is 80.2 Å². The molecule has 1 saturated heterocycles. The Labute approximate surface area is 757 Å². The number of phenols is 3. The molecule has 36 heteroatoms. The number of carbonyl (C=O) groups excluding carboxylic acids is 9. The summed E-state index contributed by atoms with van der Waals surface area (Å²) in [6.07, 6.45) is -8.80. The molecule has 129 heavy (non-hydrogen) atoms. The van der Waals surface area contributed by atoms with Gasteiger partial charge in [-0.25, -0.2) is 0 Å². The van der Waals surface area contributed by atoms with Gasteiger partial charge in [0.05, 0.1) is 52.0 Å². The van der Waals surface area contributed by atoms with Crippen LogP contribution in [0.3, 0.4) is 0 Å². The Morgan fingerprint density at radius 1 is 0.690 bits per heavy atom. The van der Waals surface area contributed by atoms with Gasteiger partial charge in [-0.2, -0.15) is 0 Å². The van der Waals surface area contributed by atoms with Gasteiger partial charge in [-0.1, -0.05) is 108 Å². The van der Waals surface area contributed by atoms with E-state index in [0.717, 1.165) is 94.5 Å². The van der Waals surface area contributed by atoms with Crippen LogP contribution in [0.2, 0.25) is 10.0 Å². The van der Waals surface area contributed by atoms with Crippen LogP contribution in [0.5, 0.6) is 46.0 Å². The molecule has 702 valence electrons. The maximum Gasteiger partial charge on any atom is 0.339 e. The fraction of sp³-hybridized carbons (Fsp3) is 0.581. The molecule has 18 atom stereocenters. The summed E-state index contributed by atoms with van der Waals surface area (Å²) in [4.78, 5) is 160. The largest absolute Gasteiger partial charge is 0.507 e. The van der Waals surface area contributed by atoms with E-state index in [1.807, 2.05) is 13.8 Å². The molecule has 6 amide bonds. The van der Waals surface area contributed by atoms with Crippen LogP contribution in [0, 0.1) is 53.3 Å². The third-order valence-corrected chi connectivity index (χ3v) is 28.5. The second-order valence-electron chi connectivity index (χ2n) is 37.4. The van der Waals surface area contributed by atoms with E-state index in [4.69, 9.17) is 52.6 Å². The van der Waals surface area contributed by atoms with Crippen molar-refractivity contribution in [3.05, 3.63) is 116 Å². The number of Topliss-reactive ketones (excluding diaryl/α,β-unsaturated/α-hetero) is 3. The second-order valence-corrected chi connectivity index (χ2v) is 39.8. The van der Waals surface area contributed by atoms with Gasteiger partial charge in [0.2, 0.25) is 41.2 Å². The number of nitrogens with one attached hydrogen (secondary N) is 6. The maximum absolute atomic E-state index is 16.9. The predicted octanol–water partition coefficient (Wildman–Crippen LogP) is 9.65. The number of halogens is 2. The Balaban J connectivity index is 1.02. The smallest absolute Gasteiger partial charge is 0.339 e. The van der Waals surface area contributed by atoms with Crippen molar-refractivity contribution in [1.82, 2.24) is 31.9 Å². The number of aliphatic hydroxyl groups excluding tert-OH is 6. The third kappa shape index (κ3) is 22.6. The van der Waals surface area contributed by atoms with E-state index in [9.17, 15) is 74.7 Å². The highest BCUT2D eigenvalue weighted by Gasteiger charge is 2.53. The molecule has 0 spiro atoms. The zero-order valence-electron chi connectivity index (χ0n) is 73.0. The first-order chi connectivity index (χ1) is 61.2. The zero-order valence-corrected chi connectivity index (χ0v) is 75.4. The summed E-state index contributed by atoms with van der Waals surface area (Å²) in [7, 11) is -4.84. The molecule has 6 fully saturated rings. The summed E-state index contributed by atoms with van der Waals surface area (Å²) in [5.41, 5.74) is 2.69. The molecule has 5 aromatic carbocycles. The quantitative estimate of drug-likeness (QED) is 0.0172. The molecule has 5 saturated carbocycles. The number of ketones is 3. The van der Waals surface area contributed by atoms with Gasteiger partial charge >= 0.3 is 7.60 Å². The van der Waals surface area contributed by atoms with Gasteiger partial charge in [-0.3, -0.25) is 53.0 Å². The van der Waals surface area contributed by atoms with Crippen molar-refractivity contribution in [3.63, 3.8) is 0 Å². The maximum atomic E-state index is 16.9. The van der Waals surface area contributed by atoms with E-state index in [1.165, 1.54) is 49.4 Å². The summed E-state index contributed by atoms with van der Waals surface area (Å²) in [5, 5.41) is 124. The van der Waals surface area contributed by atoms with Crippen LogP contribution in [0.4, 0.5) is 0 Å². The Morgan fingerprint density at radius 2 is 1.32 bits per heavy atom. The van der Waals surface area contributed by atoms with Crippen LogP contribution in [0.1, 0.15) is 240 Å². The Hall–Kier alpha value is -8.74. The lowest BCUT2D eigenvalue weighted by atomic mass is 9.51. The molecule has 5 aliphatic carbocycles. The Bertz CT molecular complexity index is 5040. The molecule has 5 aromatic rings. The minimum Gasteiger partial charge on any atom is -0.507 e. The lowest BCUT2D eigenvalue weighted by molar-refractivity contribution is -0.286. The van der Waals surface area contributed by atoms with Crippen molar-refractivity contribution in [2.45, 2.75) is 274 Å². The number of nitrogens with two attached hydrogens (primary N) is 1. The molecular formula is C93H120Cl2N7O26P. The highest BCUT2D eigenvalue weighted by Crippen LogP contribution is 2.59. The van der Waals surface area contributed by atoms with E-state index in [0.29, 0.717) is 31.1 Å². The molecule has 0 aromatic heterocycles. The fourth-order valence-corrected chi connectivity index (χ4v) is 21.4. The van der Waals surface area contributed by atoms with E-state index in [-0.39, 0.29) is 105 Å². The first-order valence-electron chi connectivity index (χ1n) is 44.9. The molecule has 0 unspecified atom stereocenters. The van der Waals surface area contributed by atoms with Crippen molar-refractivity contribution in [2.24, 2.45) is 59.0 Å². The number of aliphatic hydroxyl groups is 6. The summed E-state index contributed by atoms with van der Waals surface area (Å²) < 4.78 is 45.8. The van der Waals surface area contributed by atoms with Crippen LogP contribution in [-0.2, 0) is 63.7 Å². The number of phenolic OH excluding ortho intramolecular Hbond substituents is 3. The van der Waals surface area contributed by atoms with Crippen LogP contribution >= 0.6 is 30.8 Å². The van der Waals surface area contributed by atoms with Crippen LogP contribution < -0.4 is 51.8 Å². The number of aromatic hydroxyl groups is 3. The molecular weight excluding hydrogens is 1730 g/mol. The Morgan fingerprint density at radius 3 is 1.92 bits per heavy atom. The predicted molar refractivity (Wildman–Crippen MR) is 469 cm³/mol. The molecule has 16 rings (SSSR count). The topological polar surface area (TPSA) is 538 Å². The van der Waals surface area contributed by atoms with Gasteiger partial charge in [0.15, 0.2) is 35.1 Å². The normalized spacial score (nSPS) is 30.1. The number of hydrogen-bond acceptors (Lipinski definition) is 26. The summed E-state index contributed by atoms with van der Waals surface area (Å²) in [6.45, 7) is 9.25. The lowest BCUT2D eigenvalue weighted by Gasteiger charge is -2.54. The number of benzene rings is 5. The Kier molecular flexibility index (Phi) is 31.5. The van der Waals surface area contributed by atoms with Crippen LogP contribution in [0.15, 0.2) is 72.8 Å². The molecule has 15 bridgehead atoms. The number of fused-ring (bicyclic) bond motifs is 15. The molecule has 6 heterocycles. The first-order valence-corrected chi connectivity index (χ1v) is 47.4. The van der Waals surface area contributed by atoms with Gasteiger partial charge in [-0.05, 0) is 190 Å². The van der Waals surface area contributed by atoms with Gasteiger partial charge < -0.3 is 112 Å². The number of hydrogen-bond donors (Lipinski definition) is 18. The average Bonchev–Trinajstić information content (AvgIpc) is 0.752. The van der Waals surface area contributed by atoms with Crippen LogP contribution in [-0.4, -0.2) is 182 Å². The number of unbranched alkanes of at least 4 members (excludes halogenated alkanes) is 6. The minimum atomic E-state index is -4.84. The van der Waals surface area contributed by atoms with Gasteiger partial charge in [0.1, 0.15) is 83.4 Å². The fourth-order valence-electron chi connectivity index (χ4n) is 20.5. The van der Waals surface area contributed by atoms with Crippen LogP contribution in [0.25, 0.3) is 11.1 Å². The number of rotatable bonds is 27. The number of carbonyl (C=O) groups is 9.